The van der Waals surface area contributed by atoms with Crippen LogP contribution in [-0.2, 0) is 14.2 Å². The first kappa shape index (κ1) is 14.8. The van der Waals surface area contributed by atoms with Gasteiger partial charge >= 0.3 is 0 Å². The molecule has 0 aliphatic rings. The van der Waals surface area contributed by atoms with Gasteiger partial charge in [-0.1, -0.05) is 6.92 Å². The Morgan fingerprint density at radius 2 is 1.80 bits per heavy atom. The molecule has 2 atom stereocenters. The van der Waals surface area contributed by atoms with Gasteiger partial charge in [-0.15, -0.1) is 0 Å². The topological polar surface area (TPSA) is 65.7 Å². The van der Waals surface area contributed by atoms with E-state index in [2.05, 4.69) is 12.3 Å². The summed E-state index contributed by atoms with van der Waals surface area (Å²) < 4.78 is 15.3. The van der Waals surface area contributed by atoms with Crippen LogP contribution in [-0.4, -0.2) is 46.7 Å². The fourth-order valence-electron chi connectivity index (χ4n) is 1.23. The van der Waals surface area contributed by atoms with Crippen molar-refractivity contribution in [1.82, 2.24) is 5.43 Å². The molecule has 5 heteroatoms. The maximum atomic E-state index is 5.46. The quantitative estimate of drug-likeness (QED) is 0.312. The van der Waals surface area contributed by atoms with E-state index in [0.29, 0.717) is 25.7 Å². The molecule has 0 aromatic rings. The van der Waals surface area contributed by atoms with Crippen LogP contribution in [0.3, 0.4) is 0 Å². The minimum Gasteiger partial charge on any atom is -0.385 e. The highest BCUT2D eigenvalue weighted by Gasteiger charge is 2.15. The van der Waals surface area contributed by atoms with Crippen molar-refractivity contribution in [3.05, 3.63) is 0 Å². The van der Waals surface area contributed by atoms with Gasteiger partial charge in [0.05, 0.1) is 19.8 Å². The Morgan fingerprint density at radius 3 is 2.33 bits per heavy atom. The molecule has 0 radical (unpaired) electrons. The van der Waals surface area contributed by atoms with Crippen LogP contribution in [0.5, 0.6) is 0 Å². The third-order valence-electron chi connectivity index (χ3n) is 2.41. The molecule has 15 heavy (non-hydrogen) atoms. The zero-order valence-corrected chi connectivity index (χ0v) is 9.99. The average molecular weight is 220 g/mol. The SMILES string of the molecule is COCCOCC(NN)C(C)CCOC. The fourth-order valence-corrected chi connectivity index (χ4v) is 1.23. The van der Waals surface area contributed by atoms with Gasteiger partial charge in [0.15, 0.2) is 0 Å². The lowest BCUT2D eigenvalue weighted by Crippen LogP contribution is -2.43. The van der Waals surface area contributed by atoms with Gasteiger partial charge in [0.25, 0.3) is 0 Å². The molecule has 0 aromatic carbocycles. The van der Waals surface area contributed by atoms with E-state index in [0.717, 1.165) is 13.0 Å². The minimum atomic E-state index is 0.164. The van der Waals surface area contributed by atoms with Crippen LogP contribution < -0.4 is 11.3 Å². The monoisotopic (exact) mass is 220 g/mol. The number of hydrogen-bond acceptors (Lipinski definition) is 5. The van der Waals surface area contributed by atoms with E-state index in [4.69, 9.17) is 20.1 Å². The number of methoxy groups -OCH3 is 2. The van der Waals surface area contributed by atoms with Crippen molar-refractivity contribution >= 4 is 0 Å². The lowest BCUT2D eigenvalue weighted by molar-refractivity contribution is 0.0469. The first-order chi connectivity index (χ1) is 7.26. The third-order valence-corrected chi connectivity index (χ3v) is 2.41. The maximum absolute atomic E-state index is 5.46. The molecule has 0 aliphatic heterocycles. The Hall–Kier alpha value is -0.200. The van der Waals surface area contributed by atoms with Crippen molar-refractivity contribution in [2.24, 2.45) is 11.8 Å². The molecule has 5 nitrogen and oxygen atoms in total. The van der Waals surface area contributed by atoms with Gasteiger partial charge in [0.2, 0.25) is 0 Å². The molecule has 0 saturated carbocycles. The minimum absolute atomic E-state index is 0.164. The Kier molecular flexibility index (Phi) is 10.2. The van der Waals surface area contributed by atoms with Gasteiger partial charge < -0.3 is 14.2 Å². The first-order valence-corrected chi connectivity index (χ1v) is 5.28. The third kappa shape index (κ3) is 7.70. The smallest absolute Gasteiger partial charge is 0.0701 e. The summed E-state index contributed by atoms with van der Waals surface area (Å²) in [6, 6.07) is 0.164. The van der Waals surface area contributed by atoms with Gasteiger partial charge in [-0.25, -0.2) is 0 Å². The number of nitrogens with one attached hydrogen (secondary N) is 1. The molecule has 0 fully saturated rings. The molecule has 0 saturated heterocycles. The van der Waals surface area contributed by atoms with Crippen LogP contribution in [0.15, 0.2) is 0 Å². The molecule has 0 bridgehead atoms. The van der Waals surface area contributed by atoms with Gasteiger partial charge in [0.1, 0.15) is 0 Å². The van der Waals surface area contributed by atoms with Crippen LogP contribution >= 0.6 is 0 Å². The molecule has 0 aliphatic carbocycles. The highest BCUT2D eigenvalue weighted by atomic mass is 16.5. The summed E-state index contributed by atoms with van der Waals surface area (Å²) in [6.45, 7) is 4.70. The van der Waals surface area contributed by atoms with Gasteiger partial charge in [0, 0.05) is 26.9 Å². The first-order valence-electron chi connectivity index (χ1n) is 5.28. The summed E-state index contributed by atoms with van der Waals surface area (Å²) in [5.41, 5.74) is 2.77. The molecule has 0 spiro atoms. The van der Waals surface area contributed by atoms with Crippen molar-refractivity contribution in [3.8, 4) is 0 Å². The van der Waals surface area contributed by atoms with Crippen molar-refractivity contribution < 1.29 is 14.2 Å². The van der Waals surface area contributed by atoms with E-state index in [1.54, 1.807) is 14.2 Å². The van der Waals surface area contributed by atoms with Crippen LogP contribution in [0.1, 0.15) is 13.3 Å². The molecule has 0 heterocycles. The normalized spacial score (nSPS) is 15.2. The van der Waals surface area contributed by atoms with Gasteiger partial charge in [-0.3, -0.25) is 11.3 Å². The Labute approximate surface area is 92.2 Å². The Bertz CT molecular complexity index is 136. The van der Waals surface area contributed by atoms with Crippen molar-refractivity contribution in [3.63, 3.8) is 0 Å². The molecular weight excluding hydrogens is 196 g/mol. The highest BCUT2D eigenvalue weighted by molar-refractivity contribution is 4.70. The predicted octanol–water partition coefficient (Wildman–Crippen LogP) is 0.154. The second kappa shape index (κ2) is 10.3. The van der Waals surface area contributed by atoms with Crippen molar-refractivity contribution in [2.75, 3.05) is 40.6 Å². The molecule has 0 rings (SSSR count). The summed E-state index contributed by atoms with van der Waals surface area (Å²) in [5.74, 6) is 5.89. The molecule has 92 valence electrons. The van der Waals surface area contributed by atoms with Crippen molar-refractivity contribution in [1.29, 1.82) is 0 Å². The zero-order chi connectivity index (χ0) is 11.5. The lowest BCUT2D eigenvalue weighted by Gasteiger charge is -2.22. The lowest BCUT2D eigenvalue weighted by atomic mass is 10.00. The Balaban J connectivity index is 3.60. The number of hydrazine groups is 1. The molecule has 3 N–H and O–H groups in total. The van der Waals surface area contributed by atoms with Crippen LogP contribution in [0.4, 0.5) is 0 Å². The molecule has 0 amide bonds. The molecule has 2 unspecified atom stereocenters. The van der Waals surface area contributed by atoms with E-state index >= 15 is 0 Å². The zero-order valence-electron chi connectivity index (χ0n) is 9.99. The van der Waals surface area contributed by atoms with Crippen LogP contribution in [0.2, 0.25) is 0 Å². The second-order valence-corrected chi connectivity index (χ2v) is 3.60. The summed E-state index contributed by atoms with van der Waals surface area (Å²) in [4.78, 5) is 0. The Morgan fingerprint density at radius 1 is 1.13 bits per heavy atom. The second-order valence-electron chi connectivity index (χ2n) is 3.60. The highest BCUT2D eigenvalue weighted by Crippen LogP contribution is 2.08. The maximum Gasteiger partial charge on any atom is 0.0701 e. The molecular formula is C10H24N2O3. The summed E-state index contributed by atoms with van der Waals surface area (Å²) in [6.07, 6.45) is 0.971. The number of ether oxygens (including phenoxy) is 3. The van der Waals surface area contributed by atoms with Gasteiger partial charge in [-0.05, 0) is 12.3 Å². The van der Waals surface area contributed by atoms with E-state index in [1.165, 1.54) is 0 Å². The fraction of sp³-hybridized carbons (Fsp3) is 1.00. The number of hydrogen-bond donors (Lipinski definition) is 2. The van der Waals surface area contributed by atoms with Crippen LogP contribution in [0, 0.1) is 5.92 Å². The van der Waals surface area contributed by atoms with E-state index in [-0.39, 0.29) is 6.04 Å². The summed E-state index contributed by atoms with van der Waals surface area (Å²) in [5, 5.41) is 0. The largest absolute Gasteiger partial charge is 0.385 e. The summed E-state index contributed by atoms with van der Waals surface area (Å²) >= 11 is 0. The van der Waals surface area contributed by atoms with E-state index in [1.807, 2.05) is 0 Å². The van der Waals surface area contributed by atoms with Gasteiger partial charge in [-0.2, -0.15) is 0 Å². The van der Waals surface area contributed by atoms with E-state index in [9.17, 15) is 0 Å². The van der Waals surface area contributed by atoms with E-state index < -0.39 is 0 Å². The average Bonchev–Trinajstić information content (AvgIpc) is 2.26. The predicted molar refractivity (Wildman–Crippen MR) is 59.5 cm³/mol. The van der Waals surface area contributed by atoms with Crippen molar-refractivity contribution in [2.45, 2.75) is 19.4 Å². The number of rotatable bonds is 10. The summed E-state index contributed by atoms with van der Waals surface area (Å²) in [7, 11) is 3.36. The molecule has 0 aromatic heterocycles. The standard InChI is InChI=1S/C10H24N2O3/c1-9(4-5-13-2)10(12-11)8-15-7-6-14-3/h9-10,12H,4-8,11H2,1-3H3. The number of nitrogens with two attached hydrogens (primary N) is 1. The van der Waals surface area contributed by atoms with Crippen LogP contribution in [0.25, 0.3) is 0 Å².